The van der Waals surface area contributed by atoms with E-state index in [1.807, 2.05) is 4.65 Å². The second kappa shape index (κ2) is 8.30. The van der Waals surface area contributed by atoms with E-state index in [4.69, 9.17) is 10.0 Å². The zero-order valence-electron chi connectivity index (χ0n) is 14.5. The number of alkyl halides is 20. The number of halogens is 20. The standard InChI is InChI=1S/C10H3BF20O3/c12-1(3(15,16)17)2(13,14)4(18,19)5(20,21)6(22,23)7(24,25)8(26,27)9(28,29)10(30,31)34-11(32)33/h1,32-33H. The third-order valence-corrected chi connectivity index (χ3v) is 3.61. The van der Waals surface area contributed by atoms with Gasteiger partial charge in [0.05, 0.1) is 0 Å². The molecule has 0 bridgehead atoms. The monoisotopic (exact) mass is 562 g/mol. The Kier molecular flexibility index (Phi) is 7.95. The molecule has 34 heavy (non-hydrogen) atoms. The van der Waals surface area contributed by atoms with Gasteiger partial charge in [-0.25, -0.2) is 4.39 Å². The van der Waals surface area contributed by atoms with E-state index in [1.54, 1.807) is 0 Å². The summed E-state index contributed by atoms with van der Waals surface area (Å²) in [6.45, 7) is 0. The molecule has 0 aromatic carbocycles. The second-order valence-electron chi connectivity index (χ2n) is 5.93. The number of rotatable bonds is 10. The molecule has 1 atom stereocenters. The number of hydrogen-bond donors (Lipinski definition) is 2. The maximum absolute atomic E-state index is 13.3. The van der Waals surface area contributed by atoms with Gasteiger partial charge in [-0.05, 0) is 0 Å². The van der Waals surface area contributed by atoms with Gasteiger partial charge in [-0.2, -0.15) is 83.4 Å². The minimum absolute atomic E-state index is 1.91. The molecule has 2 N–H and O–H groups in total. The Morgan fingerprint density at radius 1 is 0.471 bits per heavy atom. The molecule has 0 spiro atoms. The topological polar surface area (TPSA) is 49.7 Å². The molecule has 0 aliphatic carbocycles. The molecule has 204 valence electrons. The summed E-state index contributed by atoms with van der Waals surface area (Å²) >= 11 is 0. The van der Waals surface area contributed by atoms with Gasteiger partial charge in [-0.1, -0.05) is 0 Å². The predicted molar refractivity (Wildman–Crippen MR) is 61.8 cm³/mol. The Labute approximate surface area is 171 Å². The molecule has 0 amide bonds. The largest absolute Gasteiger partial charge is 0.638 e. The van der Waals surface area contributed by atoms with Crippen molar-refractivity contribution in [1.29, 1.82) is 0 Å². The highest BCUT2D eigenvalue weighted by Gasteiger charge is 2.96. The zero-order chi connectivity index (χ0) is 28.4. The summed E-state index contributed by atoms with van der Waals surface area (Å²) in [7, 11) is -4.31. The first-order valence-corrected chi connectivity index (χ1v) is 7.09. The van der Waals surface area contributed by atoms with Crippen LogP contribution in [0.15, 0.2) is 0 Å². The first-order chi connectivity index (χ1) is 14.3. The lowest BCUT2D eigenvalue weighted by atomic mass is 9.87. The summed E-state index contributed by atoms with van der Waals surface area (Å²) in [6, 6.07) is 0. The minimum atomic E-state index is -9.08. The van der Waals surface area contributed by atoms with E-state index in [2.05, 4.69) is 0 Å². The van der Waals surface area contributed by atoms with Crippen molar-refractivity contribution in [2.45, 2.75) is 59.9 Å². The molecule has 0 radical (unpaired) electrons. The highest BCUT2D eigenvalue weighted by atomic mass is 19.4. The van der Waals surface area contributed by atoms with Gasteiger partial charge in [-0.15, -0.1) is 0 Å². The van der Waals surface area contributed by atoms with E-state index in [-0.39, 0.29) is 0 Å². The van der Waals surface area contributed by atoms with Crippen molar-refractivity contribution >= 4 is 7.32 Å². The van der Waals surface area contributed by atoms with Crippen LogP contribution in [0.3, 0.4) is 0 Å². The summed E-state index contributed by atoms with van der Waals surface area (Å²) in [5.41, 5.74) is 0. The van der Waals surface area contributed by atoms with Gasteiger partial charge in [0.25, 0.3) is 6.17 Å². The fourth-order valence-electron chi connectivity index (χ4n) is 1.75. The second-order valence-corrected chi connectivity index (χ2v) is 5.93. The van der Waals surface area contributed by atoms with Crippen LogP contribution in [0, 0.1) is 0 Å². The smallest absolute Gasteiger partial charge is 0.402 e. The fourth-order valence-corrected chi connectivity index (χ4v) is 1.75. The van der Waals surface area contributed by atoms with Crippen LogP contribution in [0.1, 0.15) is 0 Å². The van der Waals surface area contributed by atoms with Crippen molar-refractivity contribution in [2.24, 2.45) is 0 Å². The fraction of sp³-hybridized carbons (Fsp3) is 1.00. The van der Waals surface area contributed by atoms with Crippen LogP contribution < -0.4 is 0 Å². The van der Waals surface area contributed by atoms with Crippen molar-refractivity contribution in [3.63, 3.8) is 0 Å². The van der Waals surface area contributed by atoms with Crippen molar-refractivity contribution < 1.29 is 103 Å². The van der Waals surface area contributed by atoms with Gasteiger partial charge in [-0.3, -0.25) is 0 Å². The molecule has 0 aliphatic rings. The van der Waals surface area contributed by atoms with Gasteiger partial charge >= 0.3 is 61.1 Å². The molecule has 24 heteroatoms. The third kappa shape index (κ3) is 4.32. The zero-order valence-corrected chi connectivity index (χ0v) is 14.5. The summed E-state index contributed by atoms with van der Waals surface area (Å²) in [5, 5.41) is 15.7. The molecule has 0 fully saturated rings. The Morgan fingerprint density at radius 3 is 1.00 bits per heavy atom. The van der Waals surface area contributed by atoms with E-state index in [1.165, 1.54) is 0 Å². The first-order valence-electron chi connectivity index (χ1n) is 7.09. The lowest BCUT2D eigenvalue weighted by Gasteiger charge is -2.43. The Balaban J connectivity index is 6.89. The molecule has 0 rings (SSSR count). The summed E-state index contributed by atoms with van der Waals surface area (Å²) in [5.74, 6) is -61.1. The van der Waals surface area contributed by atoms with E-state index in [9.17, 15) is 87.8 Å². The molecule has 0 saturated heterocycles. The van der Waals surface area contributed by atoms with Crippen molar-refractivity contribution in [1.82, 2.24) is 0 Å². The van der Waals surface area contributed by atoms with Gasteiger partial charge in [0.15, 0.2) is 0 Å². The van der Waals surface area contributed by atoms with E-state index in [0.717, 1.165) is 0 Å². The highest BCUT2D eigenvalue weighted by Crippen LogP contribution is 2.64. The quantitative estimate of drug-likeness (QED) is 0.294. The maximum atomic E-state index is 13.3. The van der Waals surface area contributed by atoms with E-state index in [0.29, 0.717) is 0 Å². The SMILES string of the molecule is OB(O)OC(F)(F)C(F)(F)C(F)(F)C(F)(F)C(F)(F)C(F)(F)C(F)(F)C(F)(F)C(F)C(F)(F)F. The normalized spacial score (nSPS) is 17.1. The lowest BCUT2D eigenvalue weighted by molar-refractivity contribution is -0.470. The molecule has 0 heterocycles. The maximum Gasteiger partial charge on any atom is 0.638 e. The van der Waals surface area contributed by atoms with Crippen LogP contribution in [-0.4, -0.2) is 77.3 Å². The van der Waals surface area contributed by atoms with Gasteiger partial charge in [0, 0.05) is 0 Å². The van der Waals surface area contributed by atoms with Crippen molar-refractivity contribution in [3.8, 4) is 0 Å². The van der Waals surface area contributed by atoms with Crippen molar-refractivity contribution in [3.05, 3.63) is 0 Å². The van der Waals surface area contributed by atoms with Crippen LogP contribution in [0.4, 0.5) is 87.8 Å². The Hall–Kier alpha value is -1.46. The third-order valence-electron chi connectivity index (χ3n) is 3.61. The molecular weight excluding hydrogens is 559 g/mol. The van der Waals surface area contributed by atoms with E-state index >= 15 is 0 Å². The molecule has 0 aliphatic heterocycles. The molecule has 0 aromatic rings. The van der Waals surface area contributed by atoms with Crippen LogP contribution in [0.2, 0.25) is 0 Å². The summed E-state index contributed by atoms with van der Waals surface area (Å²) in [6.07, 6.45) is -21.3. The molecule has 0 saturated carbocycles. The van der Waals surface area contributed by atoms with Crippen LogP contribution >= 0.6 is 0 Å². The predicted octanol–water partition coefficient (Wildman–Crippen LogP) is 4.91. The van der Waals surface area contributed by atoms with Gasteiger partial charge in [0.2, 0.25) is 0 Å². The van der Waals surface area contributed by atoms with Crippen molar-refractivity contribution in [2.75, 3.05) is 0 Å². The average molecular weight is 562 g/mol. The first kappa shape index (κ1) is 32.5. The Morgan fingerprint density at radius 2 is 0.735 bits per heavy atom. The summed E-state index contributed by atoms with van der Waals surface area (Å²) < 4.78 is 260. The highest BCUT2D eigenvalue weighted by molar-refractivity contribution is 6.32. The van der Waals surface area contributed by atoms with Crippen LogP contribution in [-0.2, 0) is 4.65 Å². The lowest BCUT2D eigenvalue weighted by Crippen LogP contribution is -2.76. The Bertz CT molecular complexity index is 729. The number of hydrogen-bond acceptors (Lipinski definition) is 3. The average Bonchev–Trinajstić information content (AvgIpc) is 2.57. The van der Waals surface area contributed by atoms with Gasteiger partial charge < -0.3 is 14.7 Å². The van der Waals surface area contributed by atoms with Gasteiger partial charge in [0.1, 0.15) is 0 Å². The van der Waals surface area contributed by atoms with Crippen LogP contribution in [0.25, 0.3) is 0 Å². The van der Waals surface area contributed by atoms with E-state index < -0.39 is 67.2 Å². The molecular formula is C10H3BF20O3. The van der Waals surface area contributed by atoms with Crippen LogP contribution in [0.5, 0.6) is 0 Å². The molecule has 3 nitrogen and oxygen atoms in total. The minimum Gasteiger partial charge on any atom is -0.402 e. The molecule has 0 aromatic heterocycles. The summed E-state index contributed by atoms with van der Waals surface area (Å²) in [4.78, 5) is 0. The molecule has 1 unspecified atom stereocenters.